The SMILES string of the molecule is CS/C=C/C(=O)NCCCCNC(=O)/C=C/c1ccccc1. The number of unbranched alkanes of at least 4 members (excludes halogenated alkanes) is 1. The van der Waals surface area contributed by atoms with E-state index >= 15 is 0 Å². The Labute approximate surface area is 136 Å². The van der Waals surface area contributed by atoms with Crippen LogP contribution >= 0.6 is 11.8 Å². The lowest BCUT2D eigenvalue weighted by atomic mass is 10.2. The second-order valence-corrected chi connectivity index (χ2v) is 5.32. The number of amides is 2. The highest BCUT2D eigenvalue weighted by atomic mass is 32.2. The van der Waals surface area contributed by atoms with Crippen LogP contribution in [0.5, 0.6) is 0 Å². The van der Waals surface area contributed by atoms with Crippen molar-refractivity contribution in [2.24, 2.45) is 0 Å². The highest BCUT2D eigenvalue weighted by Crippen LogP contribution is 2.00. The Morgan fingerprint density at radius 1 is 1.00 bits per heavy atom. The maximum atomic E-state index is 11.6. The predicted octanol–water partition coefficient (Wildman–Crippen LogP) is 2.59. The van der Waals surface area contributed by atoms with Gasteiger partial charge < -0.3 is 10.6 Å². The summed E-state index contributed by atoms with van der Waals surface area (Å²) in [5.74, 6) is -0.181. The van der Waals surface area contributed by atoms with Crippen molar-refractivity contribution in [3.63, 3.8) is 0 Å². The maximum Gasteiger partial charge on any atom is 0.244 e. The van der Waals surface area contributed by atoms with Crippen molar-refractivity contribution in [2.45, 2.75) is 12.8 Å². The summed E-state index contributed by atoms with van der Waals surface area (Å²) in [6.07, 6.45) is 8.40. The summed E-state index contributed by atoms with van der Waals surface area (Å²) in [7, 11) is 0. The molecule has 0 radical (unpaired) electrons. The van der Waals surface area contributed by atoms with Crippen molar-refractivity contribution in [1.82, 2.24) is 10.6 Å². The molecular weight excluding hydrogens is 296 g/mol. The van der Waals surface area contributed by atoms with Crippen molar-refractivity contribution >= 4 is 29.7 Å². The van der Waals surface area contributed by atoms with Gasteiger partial charge in [0.05, 0.1) is 0 Å². The molecule has 2 N–H and O–H groups in total. The van der Waals surface area contributed by atoms with Crippen molar-refractivity contribution in [3.05, 3.63) is 53.5 Å². The van der Waals surface area contributed by atoms with Crippen molar-refractivity contribution in [3.8, 4) is 0 Å². The van der Waals surface area contributed by atoms with Crippen LogP contribution in [-0.2, 0) is 9.59 Å². The second-order valence-electron chi connectivity index (χ2n) is 4.57. The smallest absolute Gasteiger partial charge is 0.244 e. The van der Waals surface area contributed by atoms with Gasteiger partial charge in [0.2, 0.25) is 11.8 Å². The molecule has 1 aromatic carbocycles. The van der Waals surface area contributed by atoms with Crippen LogP contribution in [0.1, 0.15) is 18.4 Å². The Kier molecular flexibility index (Phi) is 9.54. The summed E-state index contributed by atoms with van der Waals surface area (Å²) < 4.78 is 0. The molecule has 0 unspecified atom stereocenters. The predicted molar refractivity (Wildman–Crippen MR) is 93.4 cm³/mol. The van der Waals surface area contributed by atoms with Gasteiger partial charge >= 0.3 is 0 Å². The molecule has 0 heterocycles. The molecule has 22 heavy (non-hydrogen) atoms. The van der Waals surface area contributed by atoms with E-state index in [0.29, 0.717) is 13.1 Å². The summed E-state index contributed by atoms with van der Waals surface area (Å²) in [4.78, 5) is 22.9. The van der Waals surface area contributed by atoms with Crippen LogP contribution in [0.15, 0.2) is 47.9 Å². The first-order valence-corrected chi connectivity index (χ1v) is 8.49. The molecule has 0 saturated carbocycles. The standard InChI is InChI=1S/C17H22N2O2S/c1-22-14-11-17(21)19-13-6-5-12-18-16(20)10-9-15-7-3-2-4-8-15/h2-4,7-11,14H,5-6,12-13H2,1H3,(H,18,20)(H,19,21)/b10-9+,14-11+. The lowest BCUT2D eigenvalue weighted by molar-refractivity contribution is -0.117. The number of hydrogen-bond acceptors (Lipinski definition) is 3. The molecule has 1 rings (SSSR count). The van der Waals surface area contributed by atoms with Crippen LogP contribution < -0.4 is 10.6 Å². The largest absolute Gasteiger partial charge is 0.353 e. The zero-order valence-electron chi connectivity index (χ0n) is 12.7. The van der Waals surface area contributed by atoms with Gasteiger partial charge in [-0.1, -0.05) is 30.3 Å². The Morgan fingerprint density at radius 3 is 2.18 bits per heavy atom. The summed E-state index contributed by atoms with van der Waals surface area (Å²) in [5.41, 5.74) is 0.999. The minimum absolute atomic E-state index is 0.0795. The highest BCUT2D eigenvalue weighted by Gasteiger charge is 1.96. The lowest BCUT2D eigenvalue weighted by Crippen LogP contribution is -2.25. The summed E-state index contributed by atoms with van der Waals surface area (Å²) in [5, 5.41) is 7.35. The van der Waals surface area contributed by atoms with Crippen molar-refractivity contribution < 1.29 is 9.59 Å². The number of benzene rings is 1. The molecule has 0 aliphatic rings. The molecule has 4 nitrogen and oxygen atoms in total. The van der Waals surface area contributed by atoms with Gasteiger partial charge in [0.1, 0.15) is 0 Å². The molecule has 118 valence electrons. The molecule has 0 saturated heterocycles. The molecule has 0 aromatic heterocycles. The van der Waals surface area contributed by atoms with Gasteiger partial charge in [0.25, 0.3) is 0 Å². The van der Waals surface area contributed by atoms with Crippen LogP contribution in [-0.4, -0.2) is 31.2 Å². The average Bonchev–Trinajstić information content (AvgIpc) is 2.55. The van der Waals surface area contributed by atoms with Crippen LogP contribution in [0.2, 0.25) is 0 Å². The van der Waals surface area contributed by atoms with Gasteiger partial charge in [-0.3, -0.25) is 9.59 Å². The lowest BCUT2D eigenvalue weighted by Gasteiger charge is -2.03. The average molecular weight is 318 g/mol. The molecule has 0 aliphatic carbocycles. The molecule has 0 atom stereocenters. The van der Waals surface area contributed by atoms with E-state index in [1.165, 1.54) is 23.9 Å². The third-order valence-corrected chi connectivity index (χ3v) is 3.19. The quantitative estimate of drug-likeness (QED) is 0.543. The highest BCUT2D eigenvalue weighted by molar-refractivity contribution is 8.01. The number of carbonyl (C=O) groups excluding carboxylic acids is 2. The van der Waals surface area contributed by atoms with Gasteiger partial charge in [-0.05, 0) is 36.1 Å². The molecule has 0 aliphatic heterocycles. The minimum atomic E-state index is -0.101. The van der Waals surface area contributed by atoms with E-state index in [2.05, 4.69) is 10.6 Å². The number of nitrogens with one attached hydrogen (secondary N) is 2. The fraction of sp³-hybridized carbons (Fsp3) is 0.294. The third-order valence-electron chi connectivity index (χ3n) is 2.78. The molecule has 2 amide bonds. The van der Waals surface area contributed by atoms with Gasteiger partial charge in [-0.25, -0.2) is 0 Å². The summed E-state index contributed by atoms with van der Waals surface area (Å²) in [6.45, 7) is 1.22. The van der Waals surface area contributed by atoms with Crippen molar-refractivity contribution in [1.29, 1.82) is 0 Å². The van der Waals surface area contributed by atoms with E-state index in [-0.39, 0.29) is 11.8 Å². The Bertz CT molecular complexity index is 513. The number of hydrogen-bond donors (Lipinski definition) is 2. The summed E-state index contributed by atoms with van der Waals surface area (Å²) in [6, 6.07) is 9.68. The first-order valence-electron chi connectivity index (χ1n) is 7.20. The Balaban J connectivity index is 2.07. The maximum absolute atomic E-state index is 11.6. The molecule has 1 aromatic rings. The molecule has 0 spiro atoms. The first-order chi connectivity index (χ1) is 10.7. The van der Waals surface area contributed by atoms with E-state index in [4.69, 9.17) is 0 Å². The number of thioether (sulfide) groups is 1. The number of carbonyl (C=O) groups is 2. The molecule has 0 fully saturated rings. The molecular formula is C17H22N2O2S. The zero-order chi connectivity index (χ0) is 16.0. The fourth-order valence-electron chi connectivity index (χ4n) is 1.66. The van der Waals surface area contributed by atoms with E-state index in [1.807, 2.05) is 36.6 Å². The van der Waals surface area contributed by atoms with E-state index in [1.54, 1.807) is 11.5 Å². The van der Waals surface area contributed by atoms with Crippen LogP contribution in [0.3, 0.4) is 0 Å². The van der Waals surface area contributed by atoms with Crippen LogP contribution in [0, 0.1) is 0 Å². The number of rotatable bonds is 9. The molecule has 5 heteroatoms. The topological polar surface area (TPSA) is 58.2 Å². The Morgan fingerprint density at radius 2 is 1.59 bits per heavy atom. The van der Waals surface area contributed by atoms with Crippen LogP contribution in [0.25, 0.3) is 6.08 Å². The van der Waals surface area contributed by atoms with E-state index in [0.717, 1.165) is 18.4 Å². The van der Waals surface area contributed by atoms with E-state index in [9.17, 15) is 9.59 Å². The van der Waals surface area contributed by atoms with E-state index < -0.39 is 0 Å². The Hall–Kier alpha value is -2.01. The second kappa shape index (κ2) is 11.6. The van der Waals surface area contributed by atoms with Gasteiger partial charge in [-0.2, -0.15) is 0 Å². The van der Waals surface area contributed by atoms with Crippen LogP contribution in [0.4, 0.5) is 0 Å². The fourth-order valence-corrected chi connectivity index (χ4v) is 1.92. The van der Waals surface area contributed by atoms with Crippen molar-refractivity contribution in [2.75, 3.05) is 19.3 Å². The monoisotopic (exact) mass is 318 g/mol. The normalized spacial score (nSPS) is 11.0. The zero-order valence-corrected chi connectivity index (χ0v) is 13.6. The van der Waals surface area contributed by atoms with Gasteiger partial charge in [-0.15, -0.1) is 11.8 Å². The van der Waals surface area contributed by atoms with Gasteiger partial charge in [0, 0.05) is 25.2 Å². The molecule has 0 bridgehead atoms. The first kappa shape index (κ1) is 18.0. The summed E-state index contributed by atoms with van der Waals surface area (Å²) >= 11 is 1.49. The van der Waals surface area contributed by atoms with Gasteiger partial charge in [0.15, 0.2) is 0 Å². The third kappa shape index (κ3) is 9.02. The minimum Gasteiger partial charge on any atom is -0.353 e.